The fourth-order valence-electron chi connectivity index (χ4n) is 1.32. The van der Waals surface area contributed by atoms with Crippen LogP contribution >= 0.6 is 0 Å². The standard InChI is InChI=1S/C11H15NO2/c1-3-12(4-2)10-7-5-9(6-8-10)11(13)14/h3,5-8,13-14H,4H2,1-2H3. The summed E-state index contributed by atoms with van der Waals surface area (Å²) in [5.41, 5.74) is 0.431. The van der Waals surface area contributed by atoms with Gasteiger partial charge in [0.1, 0.15) is 12.6 Å². The molecule has 0 heterocycles. The minimum absolute atomic E-state index is 0.431. The van der Waals surface area contributed by atoms with Gasteiger partial charge in [0.15, 0.2) is 0 Å². The third kappa shape index (κ3) is 2.19. The Labute approximate surface area is 84.0 Å². The summed E-state index contributed by atoms with van der Waals surface area (Å²) in [4.78, 5) is 0. The Balaban J connectivity index is 2.81. The van der Waals surface area contributed by atoms with E-state index in [-0.39, 0.29) is 0 Å². The van der Waals surface area contributed by atoms with Crippen LogP contribution in [-0.4, -0.2) is 27.5 Å². The highest BCUT2D eigenvalue weighted by Crippen LogP contribution is 2.17. The highest BCUT2D eigenvalue weighted by molar-refractivity contribution is 5.49. The van der Waals surface area contributed by atoms with Crippen molar-refractivity contribution >= 4 is 6.21 Å². The Bertz CT molecular complexity index is 304. The highest BCUT2D eigenvalue weighted by Gasteiger charge is 2.09. The van der Waals surface area contributed by atoms with E-state index < -0.39 is 5.95 Å². The molecular formula is C11H15NO2. The van der Waals surface area contributed by atoms with Crippen LogP contribution < -0.4 is 0 Å². The van der Waals surface area contributed by atoms with E-state index in [1.807, 2.05) is 25.3 Å². The van der Waals surface area contributed by atoms with Crippen molar-refractivity contribution in [3.8, 4) is 0 Å². The normalized spacial score (nSPS) is 16.3. The fraction of sp³-hybridized carbons (Fsp3) is 0.273. The van der Waals surface area contributed by atoms with E-state index in [0.29, 0.717) is 5.57 Å². The van der Waals surface area contributed by atoms with Crippen LogP contribution in [-0.2, 0) is 0 Å². The molecule has 0 fully saturated rings. The van der Waals surface area contributed by atoms with E-state index in [1.165, 1.54) is 0 Å². The lowest BCUT2D eigenvalue weighted by Crippen LogP contribution is -2.16. The summed E-state index contributed by atoms with van der Waals surface area (Å²) in [6, 6.07) is 1.04. The van der Waals surface area contributed by atoms with Crippen molar-refractivity contribution in [2.45, 2.75) is 13.8 Å². The maximum Gasteiger partial charge on any atom is 0.262 e. The van der Waals surface area contributed by atoms with Gasteiger partial charge in [0, 0.05) is 0 Å². The van der Waals surface area contributed by atoms with Crippen LogP contribution in [0.4, 0.5) is 0 Å². The van der Waals surface area contributed by atoms with Crippen LogP contribution in [0.5, 0.6) is 0 Å². The van der Waals surface area contributed by atoms with Crippen LogP contribution in [0.1, 0.15) is 13.8 Å². The largest absolute Gasteiger partial charge is 0.482 e. The quantitative estimate of drug-likeness (QED) is 0.305. The van der Waals surface area contributed by atoms with Crippen LogP contribution in [0.2, 0.25) is 0 Å². The molecule has 0 radical (unpaired) electrons. The van der Waals surface area contributed by atoms with Crippen molar-refractivity contribution in [2.24, 2.45) is 0 Å². The molecule has 0 saturated heterocycles. The molecule has 2 N–H and O–H groups in total. The second-order valence-electron chi connectivity index (χ2n) is 2.91. The van der Waals surface area contributed by atoms with Gasteiger partial charge in [-0.25, -0.2) is 0 Å². The summed E-state index contributed by atoms with van der Waals surface area (Å²) in [6.07, 6.45) is 9.04. The molecule has 0 bridgehead atoms. The van der Waals surface area contributed by atoms with Crippen molar-refractivity contribution in [3.63, 3.8) is 0 Å². The van der Waals surface area contributed by atoms with Crippen LogP contribution in [0.15, 0.2) is 35.8 Å². The number of aliphatic hydroxyl groups excluding tert-OH is 1. The lowest BCUT2D eigenvalue weighted by Gasteiger charge is -2.16. The third-order valence-corrected chi connectivity index (χ3v) is 2.11. The fourth-order valence-corrected chi connectivity index (χ4v) is 1.32. The monoisotopic (exact) mass is 193 g/mol. The second-order valence-corrected chi connectivity index (χ2v) is 2.91. The Morgan fingerprint density at radius 1 is 1.43 bits per heavy atom. The molecule has 76 valence electrons. The van der Waals surface area contributed by atoms with E-state index in [0.717, 1.165) is 12.6 Å². The Kier molecular flexibility index (Phi) is 3.40. The number of hydrogen-bond acceptors (Lipinski definition) is 2. The predicted octanol–water partition coefficient (Wildman–Crippen LogP) is 2.10. The zero-order valence-electron chi connectivity index (χ0n) is 8.44. The van der Waals surface area contributed by atoms with Crippen molar-refractivity contribution in [2.75, 3.05) is 6.54 Å². The molecule has 0 aliphatic heterocycles. The first-order chi connectivity index (χ1) is 6.69. The topological polar surface area (TPSA) is 43.5 Å². The zero-order valence-corrected chi connectivity index (χ0v) is 8.44. The number of likely N-dealkylation sites (N-methyl/N-ethyl adjacent to an activating group) is 1. The van der Waals surface area contributed by atoms with Gasteiger partial charge in [-0.1, -0.05) is 12.2 Å². The molecule has 0 aromatic rings. The Hall–Kier alpha value is -1.64. The highest BCUT2D eigenvalue weighted by atomic mass is 16.5. The van der Waals surface area contributed by atoms with Crippen molar-refractivity contribution < 1.29 is 14.8 Å². The SMILES string of the molecule is CC=[N+](CC)[C-]1C=CC(=C(O)O)C=C1. The summed E-state index contributed by atoms with van der Waals surface area (Å²) >= 11 is 0. The molecule has 1 aliphatic carbocycles. The summed E-state index contributed by atoms with van der Waals surface area (Å²) in [6.45, 7) is 4.92. The molecule has 0 unspecified atom stereocenters. The van der Waals surface area contributed by atoms with Gasteiger partial charge in [0.25, 0.3) is 5.95 Å². The molecule has 1 rings (SSSR count). The van der Waals surface area contributed by atoms with Gasteiger partial charge in [-0.15, -0.1) is 12.2 Å². The summed E-state index contributed by atoms with van der Waals surface area (Å²) in [5.74, 6) is -0.639. The molecule has 14 heavy (non-hydrogen) atoms. The lowest BCUT2D eigenvalue weighted by atomic mass is 10.1. The Morgan fingerprint density at radius 3 is 2.36 bits per heavy atom. The smallest absolute Gasteiger partial charge is 0.262 e. The van der Waals surface area contributed by atoms with Crippen molar-refractivity contribution in [1.29, 1.82) is 0 Å². The molecule has 1 aliphatic rings. The minimum atomic E-state index is -0.639. The number of allylic oxidation sites excluding steroid dienone is 3. The molecule has 0 atom stereocenters. The molecule has 0 aromatic carbocycles. The molecular weight excluding hydrogens is 178 g/mol. The number of rotatable bonds is 2. The predicted molar refractivity (Wildman–Crippen MR) is 56.3 cm³/mol. The van der Waals surface area contributed by atoms with E-state index in [9.17, 15) is 0 Å². The second kappa shape index (κ2) is 4.56. The third-order valence-electron chi connectivity index (χ3n) is 2.11. The average molecular weight is 193 g/mol. The number of hydrogen-bond donors (Lipinski definition) is 2. The first-order valence-corrected chi connectivity index (χ1v) is 4.60. The van der Waals surface area contributed by atoms with Crippen LogP contribution in [0.3, 0.4) is 0 Å². The Morgan fingerprint density at radius 2 is 2.00 bits per heavy atom. The van der Waals surface area contributed by atoms with Gasteiger partial charge in [-0.3, -0.25) is 4.58 Å². The van der Waals surface area contributed by atoms with Crippen LogP contribution in [0.25, 0.3) is 0 Å². The minimum Gasteiger partial charge on any atom is -0.482 e. The van der Waals surface area contributed by atoms with Gasteiger partial charge in [-0.2, -0.15) is 0 Å². The molecule has 0 aromatic heterocycles. The first kappa shape index (κ1) is 10.4. The van der Waals surface area contributed by atoms with E-state index >= 15 is 0 Å². The lowest BCUT2D eigenvalue weighted by molar-refractivity contribution is -0.490. The molecule has 0 amide bonds. The van der Waals surface area contributed by atoms with Gasteiger partial charge in [0.05, 0.1) is 6.21 Å². The van der Waals surface area contributed by atoms with Crippen LogP contribution in [0, 0.1) is 6.04 Å². The van der Waals surface area contributed by atoms with Gasteiger partial charge >= 0.3 is 0 Å². The van der Waals surface area contributed by atoms with E-state index in [1.54, 1.807) is 12.2 Å². The summed E-state index contributed by atoms with van der Waals surface area (Å²) in [5, 5.41) is 17.6. The molecule has 0 spiro atoms. The molecule has 0 saturated carbocycles. The van der Waals surface area contributed by atoms with Gasteiger partial charge < -0.3 is 10.2 Å². The van der Waals surface area contributed by atoms with E-state index in [2.05, 4.69) is 11.5 Å². The molecule has 3 heteroatoms. The van der Waals surface area contributed by atoms with Gasteiger partial charge in [-0.05, 0) is 19.4 Å². The average Bonchev–Trinajstić information content (AvgIpc) is 2.20. The van der Waals surface area contributed by atoms with Crippen molar-refractivity contribution in [3.05, 3.63) is 41.9 Å². The van der Waals surface area contributed by atoms with Crippen molar-refractivity contribution in [1.82, 2.24) is 0 Å². The first-order valence-electron chi connectivity index (χ1n) is 4.60. The van der Waals surface area contributed by atoms with Gasteiger partial charge in [0.2, 0.25) is 0 Å². The molecule has 3 nitrogen and oxygen atoms in total. The zero-order chi connectivity index (χ0) is 10.6. The number of aliphatic hydroxyl groups is 2. The maximum atomic E-state index is 8.82. The summed E-state index contributed by atoms with van der Waals surface area (Å²) < 4.78 is 2.07. The summed E-state index contributed by atoms with van der Waals surface area (Å²) in [7, 11) is 0. The van der Waals surface area contributed by atoms with E-state index in [4.69, 9.17) is 10.2 Å². The maximum absolute atomic E-state index is 8.82. The number of nitrogens with zero attached hydrogens (tertiary/aromatic N) is 1.